The van der Waals surface area contributed by atoms with Gasteiger partial charge in [0, 0.05) is 11.6 Å². The second-order valence-electron chi connectivity index (χ2n) is 4.07. The molecule has 0 amide bonds. The molecule has 0 spiro atoms. The van der Waals surface area contributed by atoms with E-state index in [0.717, 1.165) is 16.8 Å². The van der Waals surface area contributed by atoms with Crippen molar-refractivity contribution >= 4 is 5.71 Å². The van der Waals surface area contributed by atoms with Crippen molar-refractivity contribution in [1.29, 1.82) is 0 Å². The van der Waals surface area contributed by atoms with E-state index in [9.17, 15) is 10.2 Å². The fourth-order valence-electron chi connectivity index (χ4n) is 1.94. The highest BCUT2D eigenvalue weighted by Gasteiger charge is 2.30. The second kappa shape index (κ2) is 3.63. The number of phenols is 2. The zero-order valence-corrected chi connectivity index (χ0v) is 9.04. The van der Waals surface area contributed by atoms with E-state index >= 15 is 0 Å². The summed E-state index contributed by atoms with van der Waals surface area (Å²) >= 11 is 0. The predicted molar refractivity (Wildman–Crippen MR) is 65.5 cm³/mol. The van der Waals surface area contributed by atoms with Gasteiger partial charge in [0.25, 0.3) is 0 Å². The van der Waals surface area contributed by atoms with Crippen LogP contribution in [0.4, 0.5) is 0 Å². The molecule has 84 valence electrons. The molecule has 2 N–H and O–H groups in total. The summed E-state index contributed by atoms with van der Waals surface area (Å²) in [5.74, 6) is 0.114. The first kappa shape index (κ1) is 9.90. The number of benzene rings is 2. The lowest BCUT2D eigenvalue weighted by atomic mass is 10.0. The molecule has 1 unspecified atom stereocenters. The van der Waals surface area contributed by atoms with Gasteiger partial charge in [-0.1, -0.05) is 30.3 Å². The maximum Gasteiger partial charge on any atom is 0.119 e. The number of phenolic OH excluding ortho intramolecular Hbond substituents is 2. The van der Waals surface area contributed by atoms with Gasteiger partial charge in [-0.05, 0) is 17.7 Å². The first-order valence-electron chi connectivity index (χ1n) is 5.40. The number of rotatable bonds is 2. The van der Waals surface area contributed by atoms with Crippen molar-refractivity contribution in [3.63, 3.8) is 0 Å². The number of aliphatic imine (C=N–C) groups is 1. The van der Waals surface area contributed by atoms with Crippen LogP contribution in [0.3, 0.4) is 0 Å². The van der Waals surface area contributed by atoms with E-state index in [2.05, 4.69) is 4.99 Å². The molecular formula is C14H11NO2. The van der Waals surface area contributed by atoms with Crippen molar-refractivity contribution in [3.8, 4) is 11.5 Å². The highest BCUT2D eigenvalue weighted by molar-refractivity contribution is 6.14. The fourth-order valence-corrected chi connectivity index (χ4v) is 1.94. The van der Waals surface area contributed by atoms with Crippen molar-refractivity contribution in [3.05, 3.63) is 59.7 Å². The molecule has 3 heteroatoms. The Balaban J connectivity index is 1.87. The third-order valence-corrected chi connectivity index (χ3v) is 2.77. The SMILES string of the molecule is Oc1cc(O)cc(C2=NC2c2ccccc2)c1. The van der Waals surface area contributed by atoms with Crippen LogP contribution >= 0.6 is 0 Å². The van der Waals surface area contributed by atoms with Crippen LogP contribution < -0.4 is 0 Å². The third kappa shape index (κ3) is 1.87. The number of nitrogens with zero attached hydrogens (tertiary/aromatic N) is 1. The van der Waals surface area contributed by atoms with Gasteiger partial charge >= 0.3 is 0 Å². The van der Waals surface area contributed by atoms with Gasteiger partial charge in [0.15, 0.2) is 0 Å². The van der Waals surface area contributed by atoms with Crippen molar-refractivity contribution in [2.75, 3.05) is 0 Å². The molecule has 2 aromatic carbocycles. The van der Waals surface area contributed by atoms with E-state index in [1.54, 1.807) is 12.1 Å². The van der Waals surface area contributed by atoms with Gasteiger partial charge in [-0.15, -0.1) is 0 Å². The molecule has 0 bridgehead atoms. The maximum absolute atomic E-state index is 9.41. The average Bonchev–Trinajstić information content (AvgIpc) is 3.09. The van der Waals surface area contributed by atoms with Gasteiger partial charge in [-0.25, -0.2) is 0 Å². The summed E-state index contributed by atoms with van der Waals surface area (Å²) in [5, 5.41) is 18.8. The minimum Gasteiger partial charge on any atom is -0.508 e. The van der Waals surface area contributed by atoms with Crippen molar-refractivity contribution in [2.24, 2.45) is 4.99 Å². The maximum atomic E-state index is 9.41. The van der Waals surface area contributed by atoms with Gasteiger partial charge in [-0.3, -0.25) is 4.99 Å². The van der Waals surface area contributed by atoms with Crippen molar-refractivity contribution in [1.82, 2.24) is 0 Å². The molecule has 1 aliphatic heterocycles. The fraction of sp³-hybridized carbons (Fsp3) is 0.0714. The quantitative estimate of drug-likeness (QED) is 0.825. The van der Waals surface area contributed by atoms with Gasteiger partial charge < -0.3 is 10.2 Å². The topological polar surface area (TPSA) is 52.8 Å². The van der Waals surface area contributed by atoms with E-state index < -0.39 is 0 Å². The summed E-state index contributed by atoms with van der Waals surface area (Å²) in [4.78, 5) is 4.37. The Bertz CT molecular complexity index is 570. The Hall–Kier alpha value is -2.29. The molecule has 0 fully saturated rings. The van der Waals surface area contributed by atoms with E-state index in [0.29, 0.717) is 0 Å². The number of hydrogen-bond acceptors (Lipinski definition) is 3. The monoisotopic (exact) mass is 225 g/mol. The largest absolute Gasteiger partial charge is 0.508 e. The van der Waals surface area contributed by atoms with Crippen LogP contribution in [0.1, 0.15) is 17.2 Å². The zero-order chi connectivity index (χ0) is 11.8. The zero-order valence-electron chi connectivity index (χ0n) is 9.04. The standard InChI is InChI=1S/C14H11NO2/c16-11-6-10(7-12(17)8-11)14-13(15-14)9-4-2-1-3-5-9/h1-8,13,16-17H. The van der Waals surface area contributed by atoms with E-state index in [4.69, 9.17) is 0 Å². The molecule has 0 aromatic heterocycles. The van der Waals surface area contributed by atoms with Crippen LogP contribution in [-0.2, 0) is 0 Å². The first-order chi connectivity index (χ1) is 8.24. The summed E-state index contributed by atoms with van der Waals surface area (Å²) in [5.41, 5.74) is 2.81. The van der Waals surface area contributed by atoms with Crippen LogP contribution in [-0.4, -0.2) is 15.9 Å². The molecule has 17 heavy (non-hydrogen) atoms. The summed E-state index contributed by atoms with van der Waals surface area (Å²) in [6, 6.07) is 14.5. The molecule has 2 aromatic rings. The lowest BCUT2D eigenvalue weighted by molar-refractivity contribution is 0.450. The Labute approximate surface area is 98.7 Å². The molecular weight excluding hydrogens is 214 g/mol. The summed E-state index contributed by atoms with van der Waals surface area (Å²) in [7, 11) is 0. The van der Waals surface area contributed by atoms with Crippen LogP contribution in [0.5, 0.6) is 11.5 Å². The smallest absolute Gasteiger partial charge is 0.119 e. The van der Waals surface area contributed by atoms with E-state index in [1.165, 1.54) is 6.07 Å². The second-order valence-corrected chi connectivity index (χ2v) is 4.07. The lowest BCUT2D eigenvalue weighted by Crippen LogP contribution is -1.93. The van der Waals surface area contributed by atoms with Crippen LogP contribution in [0.15, 0.2) is 53.5 Å². The molecule has 0 saturated carbocycles. The van der Waals surface area contributed by atoms with E-state index in [1.807, 2.05) is 30.3 Å². The highest BCUT2D eigenvalue weighted by Crippen LogP contribution is 2.36. The van der Waals surface area contributed by atoms with E-state index in [-0.39, 0.29) is 17.5 Å². The minimum absolute atomic E-state index is 0.0569. The van der Waals surface area contributed by atoms with Crippen molar-refractivity contribution < 1.29 is 10.2 Å². The van der Waals surface area contributed by atoms with Gasteiger partial charge in [0.05, 0.1) is 5.71 Å². The molecule has 3 rings (SSSR count). The normalized spacial score (nSPS) is 17.6. The van der Waals surface area contributed by atoms with Crippen LogP contribution in [0.2, 0.25) is 0 Å². The predicted octanol–water partition coefficient (Wildman–Crippen LogP) is 2.64. The summed E-state index contributed by atoms with van der Waals surface area (Å²) in [6.07, 6.45) is 0. The summed E-state index contributed by atoms with van der Waals surface area (Å²) in [6.45, 7) is 0. The van der Waals surface area contributed by atoms with Crippen LogP contribution in [0, 0.1) is 0 Å². The Kier molecular flexibility index (Phi) is 2.11. The molecule has 0 saturated heterocycles. The Morgan fingerprint density at radius 2 is 1.53 bits per heavy atom. The minimum atomic E-state index is 0.0569. The average molecular weight is 225 g/mol. The van der Waals surface area contributed by atoms with Gasteiger partial charge in [0.1, 0.15) is 17.5 Å². The Morgan fingerprint density at radius 3 is 2.18 bits per heavy atom. The number of aromatic hydroxyl groups is 2. The molecule has 0 aliphatic carbocycles. The molecule has 0 radical (unpaired) electrons. The van der Waals surface area contributed by atoms with Crippen LogP contribution in [0.25, 0.3) is 0 Å². The van der Waals surface area contributed by atoms with Crippen molar-refractivity contribution in [2.45, 2.75) is 6.04 Å². The molecule has 1 aliphatic rings. The molecule has 3 nitrogen and oxygen atoms in total. The highest BCUT2D eigenvalue weighted by atomic mass is 16.3. The lowest BCUT2D eigenvalue weighted by Gasteiger charge is -2.00. The molecule has 1 heterocycles. The number of hydrogen-bond donors (Lipinski definition) is 2. The third-order valence-electron chi connectivity index (χ3n) is 2.77. The first-order valence-corrected chi connectivity index (χ1v) is 5.40. The Morgan fingerprint density at radius 1 is 0.882 bits per heavy atom. The molecule has 1 atom stereocenters. The van der Waals surface area contributed by atoms with Gasteiger partial charge in [0.2, 0.25) is 0 Å². The van der Waals surface area contributed by atoms with Gasteiger partial charge in [-0.2, -0.15) is 0 Å². The summed E-state index contributed by atoms with van der Waals surface area (Å²) < 4.78 is 0.